The molecule has 0 heterocycles. The van der Waals surface area contributed by atoms with Crippen molar-refractivity contribution in [2.75, 3.05) is 18.9 Å². The molecule has 0 aliphatic heterocycles. The Balaban J connectivity index is 3.06. The standard InChI is InChI=1S/C14H22N2O2/c1-4-18-13(17)8-14(3,9-15)12-7-11(16)6-5-10(12)2/h5-7H,4,8-9,15-16H2,1-3H3. The van der Waals surface area contributed by atoms with Crippen LogP contribution in [0.3, 0.4) is 0 Å². The molecule has 0 fully saturated rings. The Morgan fingerprint density at radius 3 is 2.67 bits per heavy atom. The van der Waals surface area contributed by atoms with Crippen molar-refractivity contribution in [2.45, 2.75) is 32.6 Å². The minimum atomic E-state index is -0.439. The van der Waals surface area contributed by atoms with Gasteiger partial charge in [-0.1, -0.05) is 13.0 Å². The fourth-order valence-corrected chi connectivity index (χ4v) is 2.10. The third-order valence-electron chi connectivity index (χ3n) is 3.20. The number of carbonyl (C=O) groups excluding carboxylic acids is 1. The zero-order valence-electron chi connectivity index (χ0n) is 11.3. The number of hydrogen-bond acceptors (Lipinski definition) is 4. The van der Waals surface area contributed by atoms with Crippen LogP contribution < -0.4 is 11.5 Å². The van der Waals surface area contributed by atoms with Crippen LogP contribution in [0.1, 0.15) is 31.4 Å². The maximum Gasteiger partial charge on any atom is 0.306 e. The first-order valence-electron chi connectivity index (χ1n) is 6.15. The Labute approximate surface area is 108 Å². The molecule has 0 aliphatic rings. The van der Waals surface area contributed by atoms with E-state index in [0.29, 0.717) is 18.8 Å². The van der Waals surface area contributed by atoms with Crippen molar-refractivity contribution in [1.29, 1.82) is 0 Å². The van der Waals surface area contributed by atoms with Crippen molar-refractivity contribution in [3.63, 3.8) is 0 Å². The molecule has 18 heavy (non-hydrogen) atoms. The zero-order chi connectivity index (χ0) is 13.8. The van der Waals surface area contributed by atoms with Crippen LogP contribution in [0.4, 0.5) is 5.69 Å². The van der Waals surface area contributed by atoms with Gasteiger partial charge in [0.1, 0.15) is 0 Å². The number of esters is 1. The molecule has 4 nitrogen and oxygen atoms in total. The summed E-state index contributed by atoms with van der Waals surface area (Å²) in [6.07, 6.45) is 0.266. The molecule has 4 heteroatoms. The van der Waals surface area contributed by atoms with Gasteiger partial charge in [-0.15, -0.1) is 0 Å². The van der Waals surface area contributed by atoms with E-state index in [4.69, 9.17) is 16.2 Å². The van der Waals surface area contributed by atoms with Gasteiger partial charge < -0.3 is 16.2 Å². The number of benzene rings is 1. The molecule has 0 amide bonds. The molecule has 1 rings (SSSR count). The molecule has 4 N–H and O–H groups in total. The highest BCUT2D eigenvalue weighted by molar-refractivity contribution is 5.72. The summed E-state index contributed by atoms with van der Waals surface area (Å²) in [6, 6.07) is 5.69. The number of aryl methyl sites for hydroxylation is 1. The average molecular weight is 250 g/mol. The van der Waals surface area contributed by atoms with E-state index in [1.807, 2.05) is 32.0 Å². The first-order chi connectivity index (χ1) is 8.42. The second kappa shape index (κ2) is 5.87. The van der Waals surface area contributed by atoms with E-state index < -0.39 is 5.41 Å². The fourth-order valence-electron chi connectivity index (χ4n) is 2.10. The van der Waals surface area contributed by atoms with E-state index >= 15 is 0 Å². The van der Waals surface area contributed by atoms with Gasteiger partial charge in [0, 0.05) is 17.6 Å². The van der Waals surface area contributed by atoms with Gasteiger partial charge in [-0.05, 0) is 37.1 Å². The molecule has 0 bridgehead atoms. The molecule has 1 atom stereocenters. The van der Waals surface area contributed by atoms with E-state index in [1.54, 1.807) is 6.92 Å². The summed E-state index contributed by atoms with van der Waals surface area (Å²) in [5.41, 5.74) is 14.0. The number of carbonyl (C=O) groups is 1. The van der Waals surface area contributed by atoms with Gasteiger partial charge in [-0.25, -0.2) is 0 Å². The average Bonchev–Trinajstić information content (AvgIpc) is 2.32. The molecule has 100 valence electrons. The first-order valence-corrected chi connectivity index (χ1v) is 6.15. The highest BCUT2D eigenvalue weighted by Crippen LogP contribution is 2.31. The second-order valence-corrected chi connectivity index (χ2v) is 4.82. The van der Waals surface area contributed by atoms with Crippen LogP contribution >= 0.6 is 0 Å². The minimum Gasteiger partial charge on any atom is -0.466 e. The monoisotopic (exact) mass is 250 g/mol. The lowest BCUT2D eigenvalue weighted by Crippen LogP contribution is -2.35. The molecule has 1 aromatic rings. The highest BCUT2D eigenvalue weighted by Gasteiger charge is 2.30. The lowest BCUT2D eigenvalue weighted by molar-refractivity contribution is -0.144. The predicted octanol–water partition coefficient (Wildman–Crippen LogP) is 1.75. The van der Waals surface area contributed by atoms with Crippen LogP contribution in [0.15, 0.2) is 18.2 Å². The van der Waals surface area contributed by atoms with Gasteiger partial charge in [-0.3, -0.25) is 4.79 Å². The quantitative estimate of drug-likeness (QED) is 0.616. The maximum atomic E-state index is 11.7. The largest absolute Gasteiger partial charge is 0.466 e. The summed E-state index contributed by atoms with van der Waals surface area (Å²) in [5, 5.41) is 0. The Bertz CT molecular complexity index is 432. The molecule has 0 aliphatic carbocycles. The summed E-state index contributed by atoms with van der Waals surface area (Å²) in [7, 11) is 0. The number of ether oxygens (including phenoxy) is 1. The van der Waals surface area contributed by atoms with Gasteiger partial charge in [0.15, 0.2) is 0 Å². The van der Waals surface area contributed by atoms with Crippen LogP contribution in [-0.4, -0.2) is 19.1 Å². The molecule has 0 spiro atoms. The van der Waals surface area contributed by atoms with E-state index in [2.05, 4.69) is 0 Å². The third kappa shape index (κ3) is 3.23. The zero-order valence-corrected chi connectivity index (χ0v) is 11.3. The van der Waals surface area contributed by atoms with Crippen molar-refractivity contribution in [1.82, 2.24) is 0 Å². The fraction of sp³-hybridized carbons (Fsp3) is 0.500. The Hall–Kier alpha value is -1.55. The number of hydrogen-bond donors (Lipinski definition) is 2. The van der Waals surface area contributed by atoms with E-state index in [-0.39, 0.29) is 12.4 Å². The van der Waals surface area contributed by atoms with Crippen molar-refractivity contribution in [2.24, 2.45) is 5.73 Å². The molecule has 0 saturated heterocycles. The molecular formula is C14H22N2O2. The maximum absolute atomic E-state index is 11.7. The second-order valence-electron chi connectivity index (χ2n) is 4.82. The SMILES string of the molecule is CCOC(=O)CC(C)(CN)c1cc(N)ccc1C. The summed E-state index contributed by atoms with van der Waals surface area (Å²) in [4.78, 5) is 11.7. The number of nitrogen functional groups attached to an aromatic ring is 1. The smallest absolute Gasteiger partial charge is 0.306 e. The minimum absolute atomic E-state index is 0.229. The topological polar surface area (TPSA) is 78.3 Å². The molecule has 0 saturated carbocycles. The summed E-state index contributed by atoms with van der Waals surface area (Å²) in [5.74, 6) is -0.229. The van der Waals surface area contributed by atoms with Gasteiger partial charge >= 0.3 is 5.97 Å². The Morgan fingerprint density at radius 2 is 2.11 bits per heavy atom. The Morgan fingerprint density at radius 1 is 1.44 bits per heavy atom. The molecule has 1 aromatic carbocycles. The number of rotatable bonds is 5. The first kappa shape index (κ1) is 14.5. The lowest BCUT2D eigenvalue weighted by Gasteiger charge is -2.29. The van der Waals surface area contributed by atoms with Gasteiger partial charge in [0.05, 0.1) is 13.0 Å². The van der Waals surface area contributed by atoms with Gasteiger partial charge in [0.2, 0.25) is 0 Å². The number of nitrogens with two attached hydrogens (primary N) is 2. The van der Waals surface area contributed by atoms with Crippen LogP contribution in [0.2, 0.25) is 0 Å². The molecule has 1 unspecified atom stereocenters. The van der Waals surface area contributed by atoms with Gasteiger partial charge in [0.25, 0.3) is 0 Å². The summed E-state index contributed by atoms with van der Waals surface area (Å²) < 4.78 is 5.01. The van der Waals surface area contributed by atoms with Crippen LogP contribution in [0, 0.1) is 6.92 Å². The molecule has 0 aromatic heterocycles. The van der Waals surface area contributed by atoms with Crippen molar-refractivity contribution in [3.8, 4) is 0 Å². The molecule has 0 radical (unpaired) electrons. The van der Waals surface area contributed by atoms with E-state index in [9.17, 15) is 4.79 Å². The van der Waals surface area contributed by atoms with Crippen LogP contribution in [-0.2, 0) is 14.9 Å². The van der Waals surface area contributed by atoms with E-state index in [1.165, 1.54) is 0 Å². The summed E-state index contributed by atoms with van der Waals surface area (Å²) >= 11 is 0. The number of anilines is 1. The molecular weight excluding hydrogens is 228 g/mol. The van der Waals surface area contributed by atoms with Crippen LogP contribution in [0.25, 0.3) is 0 Å². The lowest BCUT2D eigenvalue weighted by atomic mass is 9.77. The van der Waals surface area contributed by atoms with Gasteiger partial charge in [-0.2, -0.15) is 0 Å². The van der Waals surface area contributed by atoms with Crippen molar-refractivity contribution < 1.29 is 9.53 Å². The van der Waals surface area contributed by atoms with Crippen LogP contribution in [0.5, 0.6) is 0 Å². The van der Waals surface area contributed by atoms with Crippen molar-refractivity contribution >= 4 is 11.7 Å². The summed E-state index contributed by atoms with van der Waals surface area (Å²) in [6.45, 7) is 6.51. The van der Waals surface area contributed by atoms with Crippen molar-refractivity contribution in [3.05, 3.63) is 29.3 Å². The third-order valence-corrected chi connectivity index (χ3v) is 3.20. The van der Waals surface area contributed by atoms with E-state index in [0.717, 1.165) is 11.1 Å². The Kier molecular flexibility index (Phi) is 4.73. The predicted molar refractivity (Wildman–Crippen MR) is 73.2 cm³/mol. The highest BCUT2D eigenvalue weighted by atomic mass is 16.5. The normalized spacial score (nSPS) is 14.0.